The number of nitrogens with zero attached hydrogens (tertiary/aromatic N) is 2. The van der Waals surface area contributed by atoms with Crippen LogP contribution in [0.5, 0.6) is 0 Å². The third kappa shape index (κ3) is 5.08. The van der Waals surface area contributed by atoms with Gasteiger partial charge in [0.1, 0.15) is 11.9 Å². The van der Waals surface area contributed by atoms with Crippen LogP contribution in [-0.4, -0.2) is 47.2 Å². The number of halogens is 1. The lowest BCUT2D eigenvalue weighted by Crippen LogP contribution is -2.43. The second-order valence-corrected chi connectivity index (χ2v) is 7.99. The van der Waals surface area contributed by atoms with E-state index >= 15 is 0 Å². The fraction of sp³-hybridized carbons (Fsp3) is 0.750. The van der Waals surface area contributed by atoms with Gasteiger partial charge < -0.3 is 14.7 Å². The smallest absolute Gasteiger partial charge is 0.223 e. The number of likely N-dealkylation sites (tertiary alicyclic amines) is 1. The number of carbonyl (C=O) groups is 2. The quantitative estimate of drug-likeness (QED) is 0.790. The Bertz CT molecular complexity index is 650. The van der Waals surface area contributed by atoms with Gasteiger partial charge in [-0.2, -0.15) is 0 Å². The van der Waals surface area contributed by atoms with Crippen molar-refractivity contribution in [2.45, 2.75) is 77.4 Å². The lowest BCUT2D eigenvalue weighted by molar-refractivity contribution is -0.132. The van der Waals surface area contributed by atoms with Crippen LogP contribution in [0.4, 0.5) is 4.39 Å². The first-order valence-corrected chi connectivity index (χ1v) is 10.1. The molecule has 2 heterocycles. The second kappa shape index (κ2) is 8.85. The summed E-state index contributed by atoms with van der Waals surface area (Å²) in [7, 11) is 0. The molecule has 0 spiro atoms. The van der Waals surface area contributed by atoms with Gasteiger partial charge in [0.05, 0.1) is 18.3 Å². The number of hydrogen-bond acceptors (Lipinski definition) is 4. The average molecular weight is 379 g/mol. The highest BCUT2D eigenvalue weighted by atomic mass is 19.1. The Hall–Kier alpha value is -1.92. The Morgan fingerprint density at radius 3 is 2.70 bits per heavy atom. The number of alkyl halides is 1. The van der Waals surface area contributed by atoms with E-state index in [-0.39, 0.29) is 24.4 Å². The summed E-state index contributed by atoms with van der Waals surface area (Å²) in [6, 6.07) is -0.260. The molecule has 1 saturated carbocycles. The van der Waals surface area contributed by atoms with Gasteiger partial charge in [0.15, 0.2) is 0 Å². The van der Waals surface area contributed by atoms with Crippen molar-refractivity contribution in [3.63, 3.8) is 0 Å². The van der Waals surface area contributed by atoms with E-state index in [1.54, 1.807) is 4.90 Å². The van der Waals surface area contributed by atoms with Gasteiger partial charge in [-0.05, 0) is 39.0 Å². The molecule has 0 bridgehead atoms. The zero-order chi connectivity index (χ0) is 19.4. The Morgan fingerprint density at radius 2 is 2.04 bits per heavy atom. The summed E-state index contributed by atoms with van der Waals surface area (Å²) in [6.07, 6.45) is 5.30. The molecule has 1 aromatic heterocycles. The molecule has 2 fully saturated rings. The van der Waals surface area contributed by atoms with Crippen molar-refractivity contribution in [3.05, 3.63) is 17.0 Å². The van der Waals surface area contributed by atoms with Gasteiger partial charge in [-0.15, -0.1) is 0 Å². The number of rotatable bonds is 7. The van der Waals surface area contributed by atoms with Crippen molar-refractivity contribution in [2.24, 2.45) is 5.92 Å². The molecule has 1 aromatic rings. The average Bonchev–Trinajstić information content (AvgIpc) is 3.33. The van der Waals surface area contributed by atoms with E-state index in [9.17, 15) is 14.0 Å². The summed E-state index contributed by atoms with van der Waals surface area (Å²) in [6.45, 7) is 4.13. The maximum absolute atomic E-state index is 13.9. The fourth-order valence-corrected chi connectivity index (χ4v) is 4.37. The van der Waals surface area contributed by atoms with Gasteiger partial charge in [0.25, 0.3) is 0 Å². The zero-order valence-electron chi connectivity index (χ0n) is 16.3. The lowest BCUT2D eigenvalue weighted by atomic mass is 10.0. The molecule has 6 nitrogen and oxygen atoms in total. The first-order valence-electron chi connectivity index (χ1n) is 10.1. The van der Waals surface area contributed by atoms with E-state index in [4.69, 9.17) is 4.52 Å². The normalized spacial score (nSPS) is 23.1. The molecule has 2 aliphatic rings. The molecule has 1 aliphatic heterocycles. The molecule has 2 unspecified atom stereocenters. The third-order valence-corrected chi connectivity index (χ3v) is 5.94. The SMILES string of the molecule is Cc1noc(C)c1CCC(=O)N1CC(F)CC1CNC(=O)CC1CCCC1. The van der Waals surface area contributed by atoms with Crippen LogP contribution < -0.4 is 5.32 Å². The van der Waals surface area contributed by atoms with E-state index < -0.39 is 6.17 Å². The molecule has 1 aliphatic carbocycles. The molecule has 0 radical (unpaired) electrons. The van der Waals surface area contributed by atoms with Crippen LogP contribution in [-0.2, 0) is 16.0 Å². The summed E-state index contributed by atoms with van der Waals surface area (Å²) < 4.78 is 19.1. The number of carbonyl (C=O) groups excluding carboxylic acids is 2. The first-order chi connectivity index (χ1) is 12.9. The first kappa shape index (κ1) is 19.8. The predicted octanol–water partition coefficient (Wildman–Crippen LogP) is 2.86. The molecule has 3 rings (SSSR count). The maximum atomic E-state index is 13.9. The monoisotopic (exact) mass is 379 g/mol. The van der Waals surface area contributed by atoms with Crippen molar-refractivity contribution in [3.8, 4) is 0 Å². The number of amides is 2. The molecule has 1 N–H and O–H groups in total. The van der Waals surface area contributed by atoms with E-state index in [1.807, 2.05) is 13.8 Å². The van der Waals surface area contributed by atoms with E-state index in [0.29, 0.717) is 38.1 Å². The van der Waals surface area contributed by atoms with Gasteiger partial charge in [-0.3, -0.25) is 9.59 Å². The predicted molar refractivity (Wildman–Crippen MR) is 98.9 cm³/mol. The van der Waals surface area contributed by atoms with Crippen molar-refractivity contribution in [1.82, 2.24) is 15.4 Å². The van der Waals surface area contributed by atoms with Gasteiger partial charge in [0.2, 0.25) is 11.8 Å². The Labute approximate surface area is 159 Å². The van der Waals surface area contributed by atoms with Gasteiger partial charge in [-0.25, -0.2) is 4.39 Å². The lowest BCUT2D eigenvalue weighted by Gasteiger charge is -2.25. The topological polar surface area (TPSA) is 75.4 Å². The summed E-state index contributed by atoms with van der Waals surface area (Å²) in [5.41, 5.74) is 1.74. The minimum atomic E-state index is -1.02. The number of aryl methyl sites for hydroxylation is 2. The van der Waals surface area contributed by atoms with Crippen LogP contribution in [0.15, 0.2) is 4.52 Å². The molecule has 7 heteroatoms. The van der Waals surface area contributed by atoms with Crippen LogP contribution >= 0.6 is 0 Å². The van der Waals surface area contributed by atoms with Crippen LogP contribution in [0, 0.1) is 19.8 Å². The van der Waals surface area contributed by atoms with Gasteiger partial charge in [-0.1, -0.05) is 18.0 Å². The van der Waals surface area contributed by atoms with Crippen LogP contribution in [0.2, 0.25) is 0 Å². The molecular weight excluding hydrogens is 349 g/mol. The van der Waals surface area contributed by atoms with Crippen LogP contribution in [0.25, 0.3) is 0 Å². The number of hydrogen-bond donors (Lipinski definition) is 1. The van der Waals surface area contributed by atoms with Crippen LogP contribution in [0.3, 0.4) is 0 Å². The largest absolute Gasteiger partial charge is 0.361 e. The molecule has 2 atom stereocenters. The standard InChI is InChI=1S/C20H30FN3O3/c1-13-18(14(2)27-23-13)7-8-20(26)24-12-16(21)10-17(24)11-22-19(25)9-15-5-3-4-6-15/h15-17H,3-12H2,1-2H3,(H,22,25). The highest BCUT2D eigenvalue weighted by Crippen LogP contribution is 2.27. The third-order valence-electron chi connectivity index (χ3n) is 5.94. The summed E-state index contributed by atoms with van der Waals surface area (Å²) in [5.74, 6) is 1.15. The highest BCUT2D eigenvalue weighted by Gasteiger charge is 2.35. The number of nitrogens with one attached hydrogen (secondary N) is 1. The minimum Gasteiger partial charge on any atom is -0.361 e. The summed E-state index contributed by atoms with van der Waals surface area (Å²) >= 11 is 0. The molecule has 27 heavy (non-hydrogen) atoms. The van der Waals surface area contributed by atoms with Gasteiger partial charge >= 0.3 is 0 Å². The number of aromatic nitrogens is 1. The fourth-order valence-electron chi connectivity index (χ4n) is 4.37. The molecule has 2 amide bonds. The molecular formula is C20H30FN3O3. The Kier molecular flexibility index (Phi) is 6.50. The maximum Gasteiger partial charge on any atom is 0.223 e. The highest BCUT2D eigenvalue weighted by molar-refractivity contribution is 5.78. The van der Waals surface area contributed by atoms with Crippen molar-refractivity contribution in [1.29, 1.82) is 0 Å². The summed E-state index contributed by atoms with van der Waals surface area (Å²) in [4.78, 5) is 26.4. The van der Waals surface area contributed by atoms with Crippen molar-refractivity contribution in [2.75, 3.05) is 13.1 Å². The van der Waals surface area contributed by atoms with Crippen molar-refractivity contribution < 1.29 is 18.5 Å². The van der Waals surface area contributed by atoms with Crippen LogP contribution in [0.1, 0.15) is 62.0 Å². The molecule has 150 valence electrons. The molecule has 1 saturated heterocycles. The van der Waals surface area contributed by atoms with E-state index in [0.717, 1.165) is 29.9 Å². The van der Waals surface area contributed by atoms with Crippen molar-refractivity contribution >= 4 is 11.8 Å². The Balaban J connectivity index is 1.49. The zero-order valence-corrected chi connectivity index (χ0v) is 16.3. The Morgan fingerprint density at radius 1 is 1.30 bits per heavy atom. The minimum absolute atomic E-state index is 0.0207. The van der Waals surface area contributed by atoms with E-state index in [2.05, 4.69) is 10.5 Å². The molecule has 0 aromatic carbocycles. The second-order valence-electron chi connectivity index (χ2n) is 7.99. The van der Waals surface area contributed by atoms with Gasteiger partial charge in [0, 0.05) is 31.4 Å². The summed E-state index contributed by atoms with van der Waals surface area (Å²) in [5, 5.41) is 6.82. The van der Waals surface area contributed by atoms with E-state index in [1.165, 1.54) is 12.8 Å².